The highest BCUT2D eigenvalue weighted by Crippen LogP contribution is 2.18. The fourth-order valence-corrected chi connectivity index (χ4v) is 1.95. The molecule has 0 aliphatic carbocycles. The van der Waals surface area contributed by atoms with E-state index in [0.29, 0.717) is 0 Å². The number of hydrogen-bond donors (Lipinski definition) is 0. The monoisotopic (exact) mass is 243 g/mol. The number of nitrogens with zero attached hydrogens (tertiary/aromatic N) is 3. The number of anilines is 1. The lowest BCUT2D eigenvalue weighted by atomic mass is 10.2. The first-order valence-electron chi connectivity index (χ1n) is 5.63. The molecule has 1 fully saturated rings. The van der Waals surface area contributed by atoms with Crippen molar-refractivity contribution >= 4 is 17.5 Å². The summed E-state index contributed by atoms with van der Waals surface area (Å²) in [7, 11) is 0. The fraction of sp³-hybridized carbons (Fsp3) is 0.308. The molecule has 5 heteroatoms. The zero-order chi connectivity index (χ0) is 13.1. The Balaban J connectivity index is 2.18. The van der Waals surface area contributed by atoms with Crippen LogP contribution in [0, 0.1) is 18.3 Å². The molecule has 18 heavy (non-hydrogen) atoms. The summed E-state index contributed by atoms with van der Waals surface area (Å²) in [5.41, 5.74) is 1.93. The molecule has 0 unspecified atom stereocenters. The molecule has 0 N–H and O–H groups in total. The number of carbonyl (C=O) groups is 2. The first-order valence-corrected chi connectivity index (χ1v) is 5.63. The van der Waals surface area contributed by atoms with Crippen molar-refractivity contribution in [1.82, 2.24) is 4.90 Å². The summed E-state index contributed by atoms with van der Waals surface area (Å²) in [6.07, 6.45) is 0. The zero-order valence-corrected chi connectivity index (χ0v) is 10.1. The van der Waals surface area contributed by atoms with Gasteiger partial charge in [0.2, 0.25) is 11.8 Å². The van der Waals surface area contributed by atoms with Gasteiger partial charge in [0.05, 0.1) is 19.2 Å². The van der Waals surface area contributed by atoms with Gasteiger partial charge in [-0.2, -0.15) is 5.26 Å². The predicted octanol–water partition coefficient (Wildman–Crippen LogP) is 0.694. The highest BCUT2D eigenvalue weighted by atomic mass is 16.2. The number of benzene rings is 1. The van der Waals surface area contributed by atoms with Crippen molar-refractivity contribution < 1.29 is 9.59 Å². The van der Waals surface area contributed by atoms with Crippen molar-refractivity contribution in [3.63, 3.8) is 0 Å². The van der Waals surface area contributed by atoms with Crippen LogP contribution in [0.5, 0.6) is 0 Å². The normalized spacial score (nSPS) is 15.8. The summed E-state index contributed by atoms with van der Waals surface area (Å²) in [6.45, 7) is 2.06. The first kappa shape index (κ1) is 12.1. The van der Waals surface area contributed by atoms with E-state index in [2.05, 4.69) is 0 Å². The highest BCUT2D eigenvalue weighted by molar-refractivity contribution is 6.03. The van der Waals surface area contributed by atoms with Gasteiger partial charge in [-0.05, 0) is 24.6 Å². The van der Waals surface area contributed by atoms with Crippen LogP contribution in [0.3, 0.4) is 0 Å². The fourth-order valence-electron chi connectivity index (χ4n) is 1.95. The zero-order valence-electron chi connectivity index (χ0n) is 10.1. The maximum absolute atomic E-state index is 11.8. The van der Waals surface area contributed by atoms with Crippen LogP contribution in [0.1, 0.15) is 5.56 Å². The van der Waals surface area contributed by atoms with Crippen molar-refractivity contribution in [2.45, 2.75) is 6.92 Å². The molecule has 1 saturated heterocycles. The Morgan fingerprint density at radius 3 is 2.50 bits per heavy atom. The molecule has 0 radical (unpaired) electrons. The van der Waals surface area contributed by atoms with E-state index in [-0.39, 0.29) is 31.4 Å². The van der Waals surface area contributed by atoms with Crippen LogP contribution in [0.15, 0.2) is 24.3 Å². The average molecular weight is 243 g/mol. The summed E-state index contributed by atoms with van der Waals surface area (Å²) in [5, 5.41) is 8.56. The van der Waals surface area contributed by atoms with Gasteiger partial charge in [-0.3, -0.25) is 14.5 Å². The second kappa shape index (κ2) is 4.88. The molecular formula is C13H13N3O2. The molecule has 1 aliphatic heterocycles. The van der Waals surface area contributed by atoms with E-state index < -0.39 is 0 Å². The molecule has 1 heterocycles. The third kappa shape index (κ3) is 2.33. The molecule has 0 bridgehead atoms. The number of carbonyl (C=O) groups excluding carboxylic acids is 2. The molecule has 0 aromatic heterocycles. The number of rotatable bonds is 2. The Labute approximate surface area is 105 Å². The Bertz CT molecular complexity index is 515. The number of nitriles is 1. The van der Waals surface area contributed by atoms with Gasteiger partial charge in [-0.15, -0.1) is 0 Å². The third-order valence-corrected chi connectivity index (χ3v) is 2.85. The van der Waals surface area contributed by atoms with Gasteiger partial charge in [0, 0.05) is 5.69 Å². The van der Waals surface area contributed by atoms with Crippen LogP contribution in [0.25, 0.3) is 0 Å². The second-order valence-electron chi connectivity index (χ2n) is 4.23. The van der Waals surface area contributed by atoms with E-state index >= 15 is 0 Å². The summed E-state index contributed by atoms with van der Waals surface area (Å²) < 4.78 is 0. The molecule has 1 aliphatic rings. The van der Waals surface area contributed by atoms with Gasteiger partial charge in [0.15, 0.2) is 0 Å². The van der Waals surface area contributed by atoms with Gasteiger partial charge >= 0.3 is 0 Å². The van der Waals surface area contributed by atoms with Crippen molar-refractivity contribution in [3.05, 3.63) is 29.8 Å². The Morgan fingerprint density at radius 2 is 1.94 bits per heavy atom. The van der Waals surface area contributed by atoms with Crippen molar-refractivity contribution in [1.29, 1.82) is 5.26 Å². The Hall–Kier alpha value is -2.35. The first-order chi connectivity index (χ1) is 8.61. The molecule has 0 spiro atoms. The summed E-state index contributed by atoms with van der Waals surface area (Å²) >= 11 is 0. The lowest BCUT2D eigenvalue weighted by Crippen LogP contribution is -2.54. The van der Waals surface area contributed by atoms with Crippen LogP contribution >= 0.6 is 0 Å². The predicted molar refractivity (Wildman–Crippen MR) is 65.7 cm³/mol. The van der Waals surface area contributed by atoms with Gasteiger partial charge < -0.3 is 4.90 Å². The quantitative estimate of drug-likeness (QED) is 0.566. The third-order valence-electron chi connectivity index (χ3n) is 2.85. The molecule has 2 amide bonds. The maximum atomic E-state index is 11.8. The minimum Gasteiger partial charge on any atom is -0.353 e. The van der Waals surface area contributed by atoms with Crippen molar-refractivity contribution in [2.75, 3.05) is 24.5 Å². The van der Waals surface area contributed by atoms with E-state index in [1.807, 2.05) is 37.3 Å². The second-order valence-corrected chi connectivity index (χ2v) is 4.23. The van der Waals surface area contributed by atoms with Gasteiger partial charge in [0.1, 0.15) is 6.54 Å². The maximum Gasteiger partial charge on any atom is 0.249 e. The van der Waals surface area contributed by atoms with E-state index in [1.54, 1.807) is 4.90 Å². The van der Waals surface area contributed by atoms with Gasteiger partial charge in [-0.1, -0.05) is 12.1 Å². The minimum atomic E-state index is -0.325. The molecular weight excluding hydrogens is 230 g/mol. The summed E-state index contributed by atoms with van der Waals surface area (Å²) in [6, 6.07) is 9.47. The molecule has 92 valence electrons. The van der Waals surface area contributed by atoms with Crippen LogP contribution < -0.4 is 4.90 Å². The molecule has 2 rings (SSSR count). The molecule has 1 aromatic carbocycles. The topological polar surface area (TPSA) is 64.4 Å². The summed E-state index contributed by atoms with van der Waals surface area (Å²) in [4.78, 5) is 26.3. The number of piperazine rings is 1. The Kier molecular flexibility index (Phi) is 3.28. The van der Waals surface area contributed by atoms with E-state index in [9.17, 15) is 9.59 Å². The van der Waals surface area contributed by atoms with E-state index in [4.69, 9.17) is 5.26 Å². The van der Waals surface area contributed by atoms with Crippen LogP contribution in [-0.4, -0.2) is 36.3 Å². The lowest BCUT2D eigenvalue weighted by molar-refractivity contribution is -0.144. The Morgan fingerprint density at radius 1 is 1.28 bits per heavy atom. The highest BCUT2D eigenvalue weighted by Gasteiger charge is 2.30. The number of aryl methyl sites for hydroxylation is 1. The number of imide groups is 1. The largest absolute Gasteiger partial charge is 0.353 e. The van der Waals surface area contributed by atoms with E-state index in [0.717, 1.165) is 16.2 Å². The number of amides is 2. The van der Waals surface area contributed by atoms with Crippen molar-refractivity contribution in [2.24, 2.45) is 0 Å². The van der Waals surface area contributed by atoms with Gasteiger partial charge in [-0.25, -0.2) is 0 Å². The molecule has 1 aromatic rings. The van der Waals surface area contributed by atoms with E-state index in [1.165, 1.54) is 0 Å². The smallest absolute Gasteiger partial charge is 0.249 e. The standard InChI is InChI=1S/C13H13N3O2/c1-10-3-2-4-11(7-10)15-8-12(17)16(6-5-14)13(18)9-15/h2-4,7H,6,8-9H2,1H3. The minimum absolute atomic E-state index is 0.136. The molecule has 0 saturated carbocycles. The summed E-state index contributed by atoms with van der Waals surface area (Å²) in [5.74, 6) is -0.649. The van der Waals surface area contributed by atoms with Gasteiger partial charge in [0.25, 0.3) is 0 Å². The van der Waals surface area contributed by atoms with Crippen LogP contribution in [0.4, 0.5) is 5.69 Å². The molecule has 0 atom stereocenters. The molecule has 5 nitrogen and oxygen atoms in total. The van der Waals surface area contributed by atoms with Crippen LogP contribution in [-0.2, 0) is 9.59 Å². The van der Waals surface area contributed by atoms with Crippen LogP contribution in [0.2, 0.25) is 0 Å². The number of hydrogen-bond acceptors (Lipinski definition) is 4. The lowest BCUT2D eigenvalue weighted by Gasteiger charge is -2.32. The average Bonchev–Trinajstić information content (AvgIpc) is 2.33. The van der Waals surface area contributed by atoms with Crippen molar-refractivity contribution in [3.8, 4) is 6.07 Å². The SMILES string of the molecule is Cc1cccc(N2CC(=O)N(CC#N)C(=O)C2)c1.